The normalized spacial score (nSPS) is 9.83. The van der Waals surface area contributed by atoms with Gasteiger partial charge in [-0.3, -0.25) is 4.98 Å². The van der Waals surface area contributed by atoms with Crippen LogP contribution in [-0.4, -0.2) is 12.1 Å². The SMILES string of the molecule is COc1ccccc1-c1ccc(CC#N)c(C)n1. The molecule has 0 saturated heterocycles. The maximum absolute atomic E-state index is 8.71. The number of para-hydroxylation sites is 1. The minimum absolute atomic E-state index is 0.394. The fraction of sp³-hybridized carbons (Fsp3) is 0.200. The second-order valence-electron chi connectivity index (χ2n) is 3.98. The van der Waals surface area contributed by atoms with E-state index >= 15 is 0 Å². The Bertz CT molecular complexity index is 600. The summed E-state index contributed by atoms with van der Waals surface area (Å²) in [4.78, 5) is 4.54. The van der Waals surface area contributed by atoms with E-state index in [2.05, 4.69) is 11.1 Å². The summed E-state index contributed by atoms with van der Waals surface area (Å²) in [6.07, 6.45) is 0.394. The van der Waals surface area contributed by atoms with E-state index in [-0.39, 0.29) is 0 Å². The van der Waals surface area contributed by atoms with E-state index in [9.17, 15) is 0 Å². The molecule has 2 aromatic rings. The number of benzene rings is 1. The van der Waals surface area contributed by atoms with Crippen molar-refractivity contribution in [1.29, 1.82) is 5.26 Å². The largest absolute Gasteiger partial charge is 0.496 e. The first-order valence-electron chi connectivity index (χ1n) is 5.73. The van der Waals surface area contributed by atoms with Crippen molar-refractivity contribution in [2.24, 2.45) is 0 Å². The average molecular weight is 238 g/mol. The molecule has 3 nitrogen and oxygen atoms in total. The summed E-state index contributed by atoms with van der Waals surface area (Å²) < 4.78 is 5.33. The molecule has 1 aromatic carbocycles. The van der Waals surface area contributed by atoms with Crippen LogP contribution in [0.4, 0.5) is 0 Å². The summed E-state index contributed by atoms with van der Waals surface area (Å²) in [6.45, 7) is 1.92. The molecule has 18 heavy (non-hydrogen) atoms. The maximum Gasteiger partial charge on any atom is 0.128 e. The highest BCUT2D eigenvalue weighted by molar-refractivity contribution is 5.67. The molecule has 0 amide bonds. The minimum atomic E-state index is 0.394. The van der Waals surface area contributed by atoms with Gasteiger partial charge in [-0.15, -0.1) is 0 Å². The predicted octanol–water partition coefficient (Wildman–Crippen LogP) is 3.13. The van der Waals surface area contributed by atoms with E-state index in [4.69, 9.17) is 10.00 Å². The zero-order chi connectivity index (χ0) is 13.0. The van der Waals surface area contributed by atoms with E-state index in [1.54, 1.807) is 7.11 Å². The van der Waals surface area contributed by atoms with Gasteiger partial charge in [-0.2, -0.15) is 5.26 Å². The maximum atomic E-state index is 8.71. The summed E-state index contributed by atoms with van der Waals surface area (Å²) >= 11 is 0. The van der Waals surface area contributed by atoms with Crippen LogP contribution in [0.2, 0.25) is 0 Å². The third-order valence-corrected chi connectivity index (χ3v) is 2.85. The molecule has 2 rings (SSSR count). The van der Waals surface area contributed by atoms with Crippen molar-refractivity contribution in [2.75, 3.05) is 7.11 Å². The van der Waals surface area contributed by atoms with E-state index in [0.29, 0.717) is 6.42 Å². The van der Waals surface area contributed by atoms with Crippen molar-refractivity contribution in [3.8, 4) is 23.1 Å². The Morgan fingerprint density at radius 3 is 2.67 bits per heavy atom. The molecular formula is C15H14N2O. The van der Waals surface area contributed by atoms with Gasteiger partial charge in [0, 0.05) is 11.3 Å². The van der Waals surface area contributed by atoms with Crippen LogP contribution in [0.5, 0.6) is 5.75 Å². The van der Waals surface area contributed by atoms with E-state index in [1.807, 2.05) is 43.3 Å². The highest BCUT2D eigenvalue weighted by atomic mass is 16.5. The number of hydrogen-bond donors (Lipinski definition) is 0. The van der Waals surface area contributed by atoms with Crippen LogP contribution in [0.1, 0.15) is 11.3 Å². The number of nitrogens with zero attached hydrogens (tertiary/aromatic N) is 2. The lowest BCUT2D eigenvalue weighted by Gasteiger charge is -2.09. The number of methoxy groups -OCH3 is 1. The van der Waals surface area contributed by atoms with Gasteiger partial charge in [0.25, 0.3) is 0 Å². The third-order valence-electron chi connectivity index (χ3n) is 2.85. The number of nitriles is 1. The molecule has 0 radical (unpaired) electrons. The number of aryl methyl sites for hydroxylation is 1. The van der Waals surface area contributed by atoms with Gasteiger partial charge in [0.2, 0.25) is 0 Å². The van der Waals surface area contributed by atoms with E-state index < -0.39 is 0 Å². The molecule has 0 aliphatic heterocycles. The van der Waals surface area contributed by atoms with Crippen molar-refractivity contribution in [3.05, 3.63) is 47.7 Å². The van der Waals surface area contributed by atoms with Crippen molar-refractivity contribution >= 4 is 0 Å². The first-order valence-corrected chi connectivity index (χ1v) is 5.73. The number of pyridine rings is 1. The highest BCUT2D eigenvalue weighted by Gasteiger charge is 2.08. The van der Waals surface area contributed by atoms with Gasteiger partial charge >= 0.3 is 0 Å². The van der Waals surface area contributed by atoms with Crippen LogP contribution in [0, 0.1) is 18.3 Å². The molecule has 0 spiro atoms. The zero-order valence-electron chi connectivity index (χ0n) is 10.5. The lowest BCUT2D eigenvalue weighted by molar-refractivity contribution is 0.416. The van der Waals surface area contributed by atoms with E-state index in [0.717, 1.165) is 28.3 Å². The molecule has 0 saturated carbocycles. The monoisotopic (exact) mass is 238 g/mol. The van der Waals surface area contributed by atoms with Crippen molar-refractivity contribution in [2.45, 2.75) is 13.3 Å². The molecule has 90 valence electrons. The summed E-state index contributed by atoms with van der Waals surface area (Å²) in [5.41, 5.74) is 3.69. The fourth-order valence-electron chi connectivity index (χ4n) is 1.87. The Labute approximate surface area is 107 Å². The average Bonchev–Trinajstić information content (AvgIpc) is 2.41. The van der Waals surface area contributed by atoms with Gasteiger partial charge < -0.3 is 4.74 Å². The van der Waals surface area contributed by atoms with Gasteiger partial charge in [0.1, 0.15) is 5.75 Å². The molecule has 0 N–H and O–H groups in total. The predicted molar refractivity (Wildman–Crippen MR) is 70.3 cm³/mol. The van der Waals surface area contributed by atoms with Crippen LogP contribution in [-0.2, 0) is 6.42 Å². The van der Waals surface area contributed by atoms with Crippen LogP contribution >= 0.6 is 0 Å². The fourth-order valence-corrected chi connectivity index (χ4v) is 1.87. The molecule has 1 heterocycles. The van der Waals surface area contributed by atoms with Gasteiger partial charge in [-0.1, -0.05) is 18.2 Å². The molecule has 0 aliphatic carbocycles. The Hall–Kier alpha value is -2.34. The van der Waals surface area contributed by atoms with Gasteiger partial charge in [0.05, 0.1) is 25.3 Å². The molecule has 0 aliphatic rings. The Balaban J connectivity index is 2.46. The lowest BCUT2D eigenvalue weighted by atomic mass is 10.1. The molecular weight excluding hydrogens is 224 g/mol. The Morgan fingerprint density at radius 1 is 1.22 bits per heavy atom. The van der Waals surface area contributed by atoms with Crippen LogP contribution in [0.25, 0.3) is 11.3 Å². The Morgan fingerprint density at radius 2 is 2.00 bits per heavy atom. The number of rotatable bonds is 3. The lowest BCUT2D eigenvalue weighted by Crippen LogP contribution is -1.95. The zero-order valence-corrected chi connectivity index (χ0v) is 10.5. The number of hydrogen-bond acceptors (Lipinski definition) is 3. The van der Waals surface area contributed by atoms with Crippen molar-refractivity contribution in [1.82, 2.24) is 4.98 Å². The molecule has 3 heteroatoms. The Kier molecular flexibility index (Phi) is 3.59. The summed E-state index contributed by atoms with van der Waals surface area (Å²) in [5.74, 6) is 0.803. The highest BCUT2D eigenvalue weighted by Crippen LogP contribution is 2.28. The quantitative estimate of drug-likeness (QED) is 0.825. The molecule has 0 bridgehead atoms. The van der Waals surface area contributed by atoms with Crippen LogP contribution < -0.4 is 4.74 Å². The van der Waals surface area contributed by atoms with Gasteiger partial charge in [-0.25, -0.2) is 0 Å². The van der Waals surface area contributed by atoms with E-state index in [1.165, 1.54) is 0 Å². The standard InChI is InChI=1S/C15H14N2O/c1-11-12(9-10-16)7-8-14(17-11)13-5-3-4-6-15(13)18-2/h3-8H,9H2,1-2H3. The summed E-state index contributed by atoms with van der Waals surface area (Å²) in [6, 6.07) is 13.8. The van der Waals surface area contributed by atoms with Crippen molar-refractivity contribution in [3.63, 3.8) is 0 Å². The smallest absolute Gasteiger partial charge is 0.128 e. The topological polar surface area (TPSA) is 45.9 Å². The molecule has 0 unspecified atom stereocenters. The molecule has 0 atom stereocenters. The molecule has 0 fully saturated rings. The molecule has 1 aromatic heterocycles. The van der Waals surface area contributed by atoms with Crippen LogP contribution in [0.15, 0.2) is 36.4 Å². The number of ether oxygens (including phenoxy) is 1. The third kappa shape index (κ3) is 2.33. The first kappa shape index (κ1) is 12.1. The van der Waals surface area contributed by atoms with Crippen molar-refractivity contribution < 1.29 is 4.74 Å². The first-order chi connectivity index (χ1) is 8.76. The van der Waals surface area contributed by atoms with Crippen LogP contribution in [0.3, 0.4) is 0 Å². The minimum Gasteiger partial charge on any atom is -0.496 e. The summed E-state index contributed by atoms with van der Waals surface area (Å²) in [7, 11) is 1.65. The van der Waals surface area contributed by atoms with Gasteiger partial charge in [0.15, 0.2) is 0 Å². The van der Waals surface area contributed by atoms with Gasteiger partial charge in [-0.05, 0) is 30.7 Å². The second kappa shape index (κ2) is 5.33. The second-order valence-corrected chi connectivity index (χ2v) is 3.98. The number of aromatic nitrogens is 1. The summed E-state index contributed by atoms with van der Waals surface area (Å²) in [5, 5.41) is 8.71.